The quantitative estimate of drug-likeness (QED) is 0.779. The predicted molar refractivity (Wildman–Crippen MR) is 103 cm³/mol. The number of sulfonamides is 1. The van der Waals surface area contributed by atoms with E-state index < -0.39 is 10.0 Å². The highest BCUT2D eigenvalue weighted by molar-refractivity contribution is 7.89. The number of hydrogen-bond donors (Lipinski definition) is 1. The minimum absolute atomic E-state index is 0.108. The van der Waals surface area contributed by atoms with Crippen LogP contribution in [-0.2, 0) is 10.0 Å². The van der Waals surface area contributed by atoms with Gasteiger partial charge in [-0.05, 0) is 58.0 Å². The molecule has 0 unspecified atom stereocenters. The van der Waals surface area contributed by atoms with Crippen molar-refractivity contribution in [1.29, 1.82) is 0 Å². The molecule has 1 saturated heterocycles. The van der Waals surface area contributed by atoms with Gasteiger partial charge < -0.3 is 9.26 Å². The average Bonchev–Trinajstić information content (AvgIpc) is 3.26. The molecule has 1 aromatic heterocycles. The van der Waals surface area contributed by atoms with Crippen molar-refractivity contribution in [2.75, 3.05) is 26.7 Å². The van der Waals surface area contributed by atoms with Gasteiger partial charge in [0.15, 0.2) is 5.76 Å². The molecule has 0 radical (unpaired) electrons. The second kappa shape index (κ2) is 8.00. The molecule has 1 aromatic carbocycles. The molecule has 1 N–H and O–H groups in total. The molecule has 0 amide bonds. The van der Waals surface area contributed by atoms with Crippen molar-refractivity contribution in [2.45, 2.75) is 44.6 Å². The monoisotopic (exact) mass is 393 g/mol. The third-order valence-corrected chi connectivity index (χ3v) is 6.73. The highest BCUT2D eigenvalue weighted by Gasteiger charge is 2.27. The molecule has 0 aliphatic carbocycles. The summed E-state index contributed by atoms with van der Waals surface area (Å²) in [5, 5.41) is 3.96. The van der Waals surface area contributed by atoms with Crippen LogP contribution in [0.25, 0.3) is 11.3 Å². The Labute approximate surface area is 160 Å². The summed E-state index contributed by atoms with van der Waals surface area (Å²) in [7, 11) is -2.26. The molecule has 1 aliphatic rings. The molecule has 0 bridgehead atoms. The van der Waals surface area contributed by atoms with Crippen LogP contribution in [0.1, 0.15) is 31.0 Å². The molecule has 7 nitrogen and oxygen atoms in total. The zero-order chi connectivity index (χ0) is 19.6. The first-order valence-corrected chi connectivity index (χ1v) is 10.7. The molecule has 3 rings (SSSR count). The van der Waals surface area contributed by atoms with Gasteiger partial charge in [-0.1, -0.05) is 12.1 Å². The standard InChI is InChI=1S/C19H27N3O4S/c1-5-22-10-6-7-16(22)12-20-27(23,24)18-11-15(8-9-17(18)25-4)19-13(2)14(3)21-26-19/h8-9,11,16,20H,5-7,10,12H2,1-4H3/t16-/m1/s1. The van der Waals surface area contributed by atoms with E-state index in [4.69, 9.17) is 9.26 Å². The maximum absolute atomic E-state index is 13.0. The molecule has 2 aromatic rings. The van der Waals surface area contributed by atoms with Crippen LogP contribution in [0, 0.1) is 13.8 Å². The summed E-state index contributed by atoms with van der Waals surface area (Å²) in [6, 6.07) is 5.24. The number of rotatable bonds is 7. The summed E-state index contributed by atoms with van der Waals surface area (Å²) in [5.41, 5.74) is 2.33. The fourth-order valence-corrected chi connectivity index (χ4v) is 4.80. The normalized spacial score (nSPS) is 18.1. The zero-order valence-corrected chi connectivity index (χ0v) is 17.1. The lowest BCUT2D eigenvalue weighted by atomic mass is 10.1. The van der Waals surface area contributed by atoms with Crippen molar-refractivity contribution in [3.05, 3.63) is 29.5 Å². The van der Waals surface area contributed by atoms with Crippen LogP contribution < -0.4 is 9.46 Å². The fraction of sp³-hybridized carbons (Fsp3) is 0.526. The molecule has 27 heavy (non-hydrogen) atoms. The van der Waals surface area contributed by atoms with Crippen molar-refractivity contribution in [2.24, 2.45) is 0 Å². The van der Waals surface area contributed by atoms with E-state index >= 15 is 0 Å². The second-order valence-electron chi connectivity index (χ2n) is 6.86. The largest absolute Gasteiger partial charge is 0.495 e. The summed E-state index contributed by atoms with van der Waals surface area (Å²) < 4.78 is 39.4. The van der Waals surface area contributed by atoms with Crippen molar-refractivity contribution in [3.63, 3.8) is 0 Å². The van der Waals surface area contributed by atoms with Gasteiger partial charge in [-0.3, -0.25) is 4.90 Å². The van der Waals surface area contributed by atoms with Crippen molar-refractivity contribution < 1.29 is 17.7 Å². The molecule has 1 atom stereocenters. The topological polar surface area (TPSA) is 84.7 Å². The number of aromatic nitrogens is 1. The third kappa shape index (κ3) is 4.02. The minimum atomic E-state index is -3.72. The third-order valence-electron chi connectivity index (χ3n) is 5.29. The first-order chi connectivity index (χ1) is 12.9. The Morgan fingerprint density at radius 3 is 2.78 bits per heavy atom. The summed E-state index contributed by atoms with van der Waals surface area (Å²) >= 11 is 0. The molecule has 2 heterocycles. The highest BCUT2D eigenvalue weighted by Crippen LogP contribution is 2.32. The fourth-order valence-electron chi connectivity index (χ4n) is 3.54. The maximum atomic E-state index is 13.0. The van der Waals surface area contributed by atoms with Crippen LogP contribution in [0.2, 0.25) is 0 Å². The van der Waals surface area contributed by atoms with E-state index in [1.165, 1.54) is 7.11 Å². The molecule has 148 valence electrons. The number of likely N-dealkylation sites (tertiary alicyclic amines) is 1. The second-order valence-corrected chi connectivity index (χ2v) is 8.60. The first-order valence-electron chi connectivity index (χ1n) is 9.22. The van der Waals surface area contributed by atoms with E-state index in [2.05, 4.69) is 21.7 Å². The van der Waals surface area contributed by atoms with Crippen molar-refractivity contribution in [1.82, 2.24) is 14.8 Å². The Bertz CT molecular complexity index is 908. The molecule has 1 fully saturated rings. The van der Waals surface area contributed by atoms with Gasteiger partial charge in [0.1, 0.15) is 10.6 Å². The predicted octanol–water partition coefficient (Wildman–Crippen LogP) is 2.73. The number of nitrogens with zero attached hydrogens (tertiary/aromatic N) is 2. The van der Waals surface area contributed by atoms with Gasteiger partial charge in [0, 0.05) is 23.7 Å². The van der Waals surface area contributed by atoms with Crippen LogP contribution in [0.5, 0.6) is 5.75 Å². The van der Waals surface area contributed by atoms with Gasteiger partial charge in [-0.2, -0.15) is 0 Å². The lowest BCUT2D eigenvalue weighted by Crippen LogP contribution is -2.40. The van der Waals surface area contributed by atoms with Gasteiger partial charge in [-0.15, -0.1) is 0 Å². The number of hydrogen-bond acceptors (Lipinski definition) is 6. The first kappa shape index (κ1) is 19.9. The van der Waals surface area contributed by atoms with Gasteiger partial charge in [0.05, 0.1) is 12.8 Å². The van der Waals surface area contributed by atoms with Crippen LogP contribution in [0.4, 0.5) is 0 Å². The average molecular weight is 394 g/mol. The van der Waals surface area contributed by atoms with E-state index in [-0.39, 0.29) is 10.9 Å². The number of likely N-dealkylation sites (N-methyl/N-ethyl adjacent to an activating group) is 1. The molecule has 1 aliphatic heterocycles. The lowest BCUT2D eigenvalue weighted by Gasteiger charge is -2.23. The van der Waals surface area contributed by atoms with Gasteiger partial charge in [0.2, 0.25) is 10.0 Å². The van der Waals surface area contributed by atoms with Gasteiger partial charge >= 0.3 is 0 Å². The number of nitrogens with one attached hydrogen (secondary N) is 1. The number of aryl methyl sites for hydroxylation is 1. The number of methoxy groups -OCH3 is 1. The van der Waals surface area contributed by atoms with E-state index in [9.17, 15) is 8.42 Å². The maximum Gasteiger partial charge on any atom is 0.244 e. The molecule has 0 spiro atoms. The Kier molecular flexibility index (Phi) is 5.88. The summed E-state index contributed by atoms with van der Waals surface area (Å²) in [6.07, 6.45) is 2.10. The SMILES string of the molecule is CCN1CCC[C@@H]1CNS(=O)(=O)c1cc(-c2onc(C)c2C)ccc1OC. The van der Waals surface area contributed by atoms with Crippen LogP contribution in [0.15, 0.2) is 27.6 Å². The van der Waals surface area contributed by atoms with E-state index in [1.54, 1.807) is 18.2 Å². The minimum Gasteiger partial charge on any atom is -0.495 e. The Morgan fingerprint density at radius 2 is 2.15 bits per heavy atom. The summed E-state index contributed by atoms with van der Waals surface area (Å²) in [4.78, 5) is 2.41. The van der Waals surface area contributed by atoms with Crippen LogP contribution >= 0.6 is 0 Å². The Balaban J connectivity index is 1.89. The van der Waals surface area contributed by atoms with Gasteiger partial charge in [-0.25, -0.2) is 13.1 Å². The summed E-state index contributed by atoms with van der Waals surface area (Å²) in [6.45, 7) is 8.19. The summed E-state index contributed by atoms with van der Waals surface area (Å²) in [5.74, 6) is 0.874. The van der Waals surface area contributed by atoms with Crippen LogP contribution in [-0.4, -0.2) is 51.3 Å². The smallest absolute Gasteiger partial charge is 0.244 e. The molecular weight excluding hydrogens is 366 g/mol. The van der Waals surface area contributed by atoms with E-state index in [0.717, 1.165) is 37.2 Å². The number of ether oxygens (including phenoxy) is 1. The van der Waals surface area contributed by atoms with Gasteiger partial charge in [0.25, 0.3) is 0 Å². The van der Waals surface area contributed by atoms with E-state index in [1.807, 2.05) is 13.8 Å². The van der Waals surface area contributed by atoms with Crippen molar-refractivity contribution in [3.8, 4) is 17.1 Å². The lowest BCUT2D eigenvalue weighted by molar-refractivity contribution is 0.268. The Hall–Kier alpha value is -1.90. The highest BCUT2D eigenvalue weighted by atomic mass is 32.2. The Morgan fingerprint density at radius 1 is 1.37 bits per heavy atom. The van der Waals surface area contributed by atoms with E-state index in [0.29, 0.717) is 23.6 Å². The molecule has 8 heteroatoms. The number of benzene rings is 1. The zero-order valence-electron chi connectivity index (χ0n) is 16.3. The van der Waals surface area contributed by atoms with Crippen LogP contribution in [0.3, 0.4) is 0 Å². The molecular formula is C19H27N3O4S. The van der Waals surface area contributed by atoms with Crippen molar-refractivity contribution >= 4 is 10.0 Å². The molecule has 0 saturated carbocycles.